The van der Waals surface area contributed by atoms with Gasteiger partial charge in [-0.05, 0) is 24.6 Å². The van der Waals surface area contributed by atoms with Crippen LogP contribution >= 0.6 is 0 Å². The van der Waals surface area contributed by atoms with Crippen molar-refractivity contribution in [2.75, 3.05) is 13.9 Å². The van der Waals surface area contributed by atoms with Crippen molar-refractivity contribution in [2.24, 2.45) is 5.92 Å². The second-order valence-corrected chi connectivity index (χ2v) is 5.98. The van der Waals surface area contributed by atoms with Gasteiger partial charge in [-0.15, -0.1) is 0 Å². The molecule has 0 saturated heterocycles. The lowest BCUT2D eigenvalue weighted by atomic mass is 9.67. The number of esters is 1. The molecule has 1 saturated carbocycles. The highest BCUT2D eigenvalue weighted by molar-refractivity contribution is 5.81. The zero-order chi connectivity index (χ0) is 17.3. The number of hydrogen-bond donors (Lipinski definition) is 0. The van der Waals surface area contributed by atoms with E-state index in [9.17, 15) is 19.7 Å². The highest BCUT2D eigenvalue weighted by Gasteiger charge is 2.56. The Morgan fingerprint density at radius 1 is 1.42 bits per heavy atom. The summed E-state index contributed by atoms with van der Waals surface area (Å²) in [4.78, 5) is 35.3. The van der Waals surface area contributed by atoms with Gasteiger partial charge >= 0.3 is 5.97 Å². The van der Waals surface area contributed by atoms with E-state index in [2.05, 4.69) is 4.74 Å². The Bertz CT molecular complexity index is 702. The van der Waals surface area contributed by atoms with Gasteiger partial charge in [-0.25, -0.2) is 0 Å². The van der Waals surface area contributed by atoms with Crippen LogP contribution in [0.15, 0.2) is 18.2 Å². The Kier molecular flexibility index (Phi) is 4.13. The molecule has 3 rings (SSSR count). The van der Waals surface area contributed by atoms with Crippen molar-refractivity contribution in [3.05, 3.63) is 33.9 Å². The van der Waals surface area contributed by atoms with E-state index in [0.717, 1.165) is 0 Å². The molecule has 0 unspecified atom stereocenters. The molecular weight excluding hydrogens is 318 g/mol. The summed E-state index contributed by atoms with van der Waals surface area (Å²) >= 11 is 0. The molecule has 1 aliphatic carbocycles. The molecule has 128 valence electrons. The Morgan fingerprint density at radius 2 is 2.17 bits per heavy atom. The first-order chi connectivity index (χ1) is 11.5. The van der Waals surface area contributed by atoms with E-state index in [0.29, 0.717) is 17.1 Å². The zero-order valence-corrected chi connectivity index (χ0v) is 13.1. The molecule has 2 aliphatic rings. The Morgan fingerprint density at radius 3 is 2.88 bits per heavy atom. The summed E-state index contributed by atoms with van der Waals surface area (Å²) in [6.45, 7) is 0.0504. The first-order valence-corrected chi connectivity index (χ1v) is 7.60. The van der Waals surface area contributed by atoms with Gasteiger partial charge in [0.15, 0.2) is 11.5 Å². The molecule has 1 heterocycles. The first kappa shape index (κ1) is 16.2. The van der Waals surface area contributed by atoms with E-state index in [1.807, 2.05) is 0 Å². The van der Waals surface area contributed by atoms with E-state index >= 15 is 0 Å². The molecule has 0 N–H and O–H groups in total. The lowest BCUT2D eigenvalue weighted by Gasteiger charge is -2.36. The van der Waals surface area contributed by atoms with E-state index < -0.39 is 22.3 Å². The Hall–Kier alpha value is -2.64. The molecule has 1 fully saturated rings. The minimum Gasteiger partial charge on any atom is -0.469 e. The molecule has 1 aliphatic heterocycles. The molecule has 24 heavy (non-hydrogen) atoms. The second kappa shape index (κ2) is 6.10. The smallest absolute Gasteiger partial charge is 0.306 e. The van der Waals surface area contributed by atoms with Crippen molar-refractivity contribution in [1.29, 1.82) is 0 Å². The molecule has 0 spiro atoms. The summed E-state index contributed by atoms with van der Waals surface area (Å²) in [7, 11) is 1.24. The average Bonchev–Trinajstić information content (AvgIpc) is 3.03. The molecule has 1 aromatic rings. The summed E-state index contributed by atoms with van der Waals surface area (Å²) in [6.07, 6.45) is 0.131. The van der Waals surface area contributed by atoms with Crippen LogP contribution in [-0.2, 0) is 19.9 Å². The van der Waals surface area contributed by atoms with Crippen LogP contribution in [0.4, 0.5) is 0 Å². The van der Waals surface area contributed by atoms with Crippen molar-refractivity contribution >= 4 is 11.8 Å². The van der Waals surface area contributed by atoms with Gasteiger partial charge in [-0.1, -0.05) is 0 Å². The fourth-order valence-electron chi connectivity index (χ4n) is 3.49. The largest absolute Gasteiger partial charge is 0.469 e. The van der Waals surface area contributed by atoms with Crippen LogP contribution < -0.4 is 9.47 Å². The Balaban J connectivity index is 2.07. The van der Waals surface area contributed by atoms with Gasteiger partial charge in [0.2, 0.25) is 6.79 Å². The van der Waals surface area contributed by atoms with Crippen molar-refractivity contribution in [3.8, 4) is 11.5 Å². The highest BCUT2D eigenvalue weighted by Crippen LogP contribution is 2.47. The van der Waals surface area contributed by atoms with Gasteiger partial charge in [-0.3, -0.25) is 19.7 Å². The van der Waals surface area contributed by atoms with Gasteiger partial charge in [-0.2, -0.15) is 0 Å². The van der Waals surface area contributed by atoms with Gasteiger partial charge in [0.05, 0.1) is 20.0 Å². The number of methoxy groups -OCH3 is 1. The number of nitro groups is 1. The number of rotatable bonds is 4. The minimum atomic E-state index is -1.66. The first-order valence-electron chi connectivity index (χ1n) is 7.60. The Labute approximate surface area is 137 Å². The summed E-state index contributed by atoms with van der Waals surface area (Å²) < 4.78 is 15.2. The predicted octanol–water partition coefficient (Wildman–Crippen LogP) is 1.82. The number of nitrogens with zero attached hydrogens (tertiary/aromatic N) is 1. The quantitative estimate of drug-likeness (QED) is 0.469. The van der Waals surface area contributed by atoms with E-state index in [-0.39, 0.29) is 38.3 Å². The molecular formula is C16H17NO7. The molecule has 0 bridgehead atoms. The summed E-state index contributed by atoms with van der Waals surface area (Å²) in [6, 6.07) is 4.70. The summed E-state index contributed by atoms with van der Waals surface area (Å²) in [5.41, 5.74) is -1.32. The number of ether oxygens (including phenoxy) is 3. The standard InChI is InChI=1S/C16H17NO7/c1-22-15(19)7-11-2-4-12(18)8-16(11,17(20)21)10-3-5-13-14(6-10)24-9-23-13/h3,5-6,11H,2,4,7-9H2,1H3/t11-,16+/m1/s1. The van der Waals surface area contributed by atoms with Crippen LogP contribution in [0.1, 0.15) is 31.2 Å². The van der Waals surface area contributed by atoms with Crippen molar-refractivity contribution in [2.45, 2.75) is 31.2 Å². The number of fused-ring (bicyclic) bond motifs is 1. The molecule has 0 amide bonds. The third kappa shape index (κ3) is 2.57. The predicted molar refractivity (Wildman–Crippen MR) is 80.2 cm³/mol. The van der Waals surface area contributed by atoms with Crippen LogP contribution in [0.2, 0.25) is 0 Å². The normalized spacial score (nSPS) is 25.4. The molecule has 2 atom stereocenters. The SMILES string of the molecule is COC(=O)C[C@H]1CCC(=O)C[C@@]1(c1ccc2c(c1)OCO2)[N+](=O)[O-]. The number of benzene rings is 1. The summed E-state index contributed by atoms with van der Waals surface area (Å²) in [5.74, 6) is -0.433. The highest BCUT2D eigenvalue weighted by atomic mass is 16.7. The van der Waals surface area contributed by atoms with Crippen LogP contribution in [0, 0.1) is 16.0 Å². The third-order valence-electron chi connectivity index (χ3n) is 4.75. The fourth-order valence-corrected chi connectivity index (χ4v) is 3.49. The monoisotopic (exact) mass is 335 g/mol. The van der Waals surface area contributed by atoms with Gasteiger partial charge in [0.1, 0.15) is 5.78 Å². The van der Waals surface area contributed by atoms with Crippen molar-refractivity contribution in [3.63, 3.8) is 0 Å². The maximum atomic E-state index is 12.0. The van der Waals surface area contributed by atoms with E-state index in [1.54, 1.807) is 12.1 Å². The second-order valence-electron chi connectivity index (χ2n) is 5.98. The topological polar surface area (TPSA) is 105 Å². The maximum Gasteiger partial charge on any atom is 0.306 e. The molecule has 8 nitrogen and oxygen atoms in total. The maximum absolute atomic E-state index is 12.0. The summed E-state index contributed by atoms with van der Waals surface area (Å²) in [5, 5.41) is 12.0. The van der Waals surface area contributed by atoms with Crippen LogP contribution in [0.5, 0.6) is 11.5 Å². The van der Waals surface area contributed by atoms with Crippen molar-refractivity contribution in [1.82, 2.24) is 0 Å². The number of hydrogen-bond acceptors (Lipinski definition) is 7. The zero-order valence-electron chi connectivity index (χ0n) is 13.1. The third-order valence-corrected chi connectivity index (χ3v) is 4.75. The number of ketones is 1. The lowest BCUT2D eigenvalue weighted by molar-refractivity contribution is -0.591. The number of carbonyl (C=O) groups is 2. The number of Topliss-reactive ketones (excluding diaryl/α,β-unsaturated/α-hetero) is 1. The lowest BCUT2D eigenvalue weighted by Crippen LogP contribution is -2.48. The van der Waals surface area contributed by atoms with Gasteiger partial charge < -0.3 is 14.2 Å². The molecule has 1 aromatic carbocycles. The molecule has 0 aromatic heterocycles. The molecule has 8 heteroatoms. The van der Waals surface area contributed by atoms with Gasteiger partial charge in [0.25, 0.3) is 5.54 Å². The molecule has 0 radical (unpaired) electrons. The van der Waals surface area contributed by atoms with Gasteiger partial charge in [0, 0.05) is 22.8 Å². The van der Waals surface area contributed by atoms with E-state index in [1.165, 1.54) is 13.2 Å². The van der Waals surface area contributed by atoms with Crippen LogP contribution in [0.25, 0.3) is 0 Å². The van der Waals surface area contributed by atoms with Crippen LogP contribution in [0.3, 0.4) is 0 Å². The average molecular weight is 335 g/mol. The van der Waals surface area contributed by atoms with Crippen molar-refractivity contribution < 1.29 is 28.7 Å². The number of carbonyl (C=O) groups excluding carboxylic acids is 2. The minimum absolute atomic E-state index is 0.0504. The van der Waals surface area contributed by atoms with E-state index in [4.69, 9.17) is 9.47 Å². The van der Waals surface area contributed by atoms with Crippen LogP contribution in [-0.4, -0.2) is 30.6 Å². The fraction of sp³-hybridized carbons (Fsp3) is 0.500.